The first-order chi connectivity index (χ1) is 12.1. The van der Waals surface area contributed by atoms with Gasteiger partial charge in [0.25, 0.3) is 0 Å². The summed E-state index contributed by atoms with van der Waals surface area (Å²) in [5.74, 6) is 0.0327. The lowest BCUT2D eigenvalue weighted by Gasteiger charge is -2.20. The monoisotopic (exact) mass is 344 g/mol. The minimum atomic E-state index is -0.107. The molecule has 1 aromatic rings. The van der Waals surface area contributed by atoms with Gasteiger partial charge in [-0.2, -0.15) is 0 Å². The predicted molar refractivity (Wildman–Crippen MR) is 98.0 cm³/mol. The smallest absolute Gasteiger partial charge is 0.305 e. The average molecular weight is 344 g/mol. The fourth-order valence-corrected chi connectivity index (χ4v) is 2.77. The Bertz CT molecular complexity index is 595. The van der Waals surface area contributed by atoms with Crippen LogP contribution in [0.4, 0.5) is 0 Å². The van der Waals surface area contributed by atoms with Crippen molar-refractivity contribution >= 4 is 11.8 Å². The lowest BCUT2D eigenvalue weighted by atomic mass is 10.1. The molecule has 0 atom stereocenters. The number of esters is 1. The van der Waals surface area contributed by atoms with E-state index in [1.807, 2.05) is 55.4 Å². The van der Waals surface area contributed by atoms with Crippen LogP contribution in [0.25, 0.3) is 0 Å². The molecule has 0 aliphatic carbocycles. The topological polar surface area (TPSA) is 49.9 Å². The van der Waals surface area contributed by atoms with E-state index in [2.05, 4.69) is 4.90 Å². The van der Waals surface area contributed by atoms with Gasteiger partial charge in [-0.1, -0.05) is 36.2 Å². The number of carbonyl (C=O) groups is 2. The van der Waals surface area contributed by atoms with Crippen LogP contribution in [0.15, 0.2) is 36.7 Å². The van der Waals surface area contributed by atoms with Crippen molar-refractivity contribution in [2.75, 3.05) is 26.4 Å². The zero-order chi connectivity index (χ0) is 18.1. The van der Waals surface area contributed by atoms with E-state index in [0.717, 1.165) is 43.6 Å². The summed E-state index contributed by atoms with van der Waals surface area (Å²) in [4.78, 5) is 27.8. The maximum absolute atomic E-state index is 12.3. The Morgan fingerprint density at radius 2 is 1.76 bits per heavy atom. The highest BCUT2D eigenvalue weighted by Gasteiger charge is 2.16. The van der Waals surface area contributed by atoms with E-state index in [1.165, 1.54) is 0 Å². The van der Waals surface area contributed by atoms with Crippen LogP contribution in [0.3, 0.4) is 0 Å². The Kier molecular flexibility index (Phi) is 7.51. The van der Waals surface area contributed by atoms with Gasteiger partial charge in [0.1, 0.15) is 0 Å². The standard InChI is InChI=1S/C20H28N2O3/c1-3-25-20(24)7-5-4-6-12-21-13-14-22(16-21)15-19(23)18-10-8-17(2)9-11-18/h8-11,13-14H,3-7,12,15-16H2,1-2H3. The molecule has 0 unspecified atom stereocenters. The number of ether oxygens (including phenoxy) is 1. The molecule has 136 valence electrons. The van der Waals surface area contributed by atoms with Gasteiger partial charge >= 0.3 is 5.97 Å². The minimum absolute atomic E-state index is 0.107. The molecule has 0 radical (unpaired) electrons. The highest BCUT2D eigenvalue weighted by atomic mass is 16.5. The van der Waals surface area contributed by atoms with Crippen molar-refractivity contribution < 1.29 is 14.3 Å². The average Bonchev–Trinajstić information content (AvgIpc) is 3.02. The number of benzene rings is 1. The van der Waals surface area contributed by atoms with Crippen molar-refractivity contribution in [2.45, 2.75) is 39.5 Å². The highest BCUT2D eigenvalue weighted by molar-refractivity contribution is 5.97. The summed E-state index contributed by atoms with van der Waals surface area (Å²) in [6, 6.07) is 7.71. The fourth-order valence-electron chi connectivity index (χ4n) is 2.77. The minimum Gasteiger partial charge on any atom is -0.466 e. The van der Waals surface area contributed by atoms with Crippen molar-refractivity contribution in [3.8, 4) is 0 Å². The molecule has 1 aliphatic rings. The Labute approximate surface area is 150 Å². The van der Waals surface area contributed by atoms with E-state index < -0.39 is 0 Å². The second-order valence-electron chi connectivity index (χ2n) is 6.40. The number of unbranched alkanes of at least 4 members (excludes halogenated alkanes) is 2. The molecule has 0 saturated carbocycles. The molecule has 2 rings (SSSR count). The first kappa shape index (κ1) is 19.0. The van der Waals surface area contributed by atoms with E-state index in [1.54, 1.807) is 0 Å². The molecular weight excluding hydrogens is 316 g/mol. The van der Waals surface area contributed by atoms with Crippen molar-refractivity contribution in [1.29, 1.82) is 0 Å². The van der Waals surface area contributed by atoms with Crippen LogP contribution < -0.4 is 0 Å². The Morgan fingerprint density at radius 3 is 2.48 bits per heavy atom. The Morgan fingerprint density at radius 1 is 1.04 bits per heavy atom. The second kappa shape index (κ2) is 9.87. The third-order valence-electron chi connectivity index (χ3n) is 4.20. The largest absolute Gasteiger partial charge is 0.466 e. The molecule has 5 nitrogen and oxygen atoms in total. The lowest BCUT2D eigenvalue weighted by molar-refractivity contribution is -0.143. The summed E-state index contributed by atoms with van der Waals surface area (Å²) < 4.78 is 4.92. The Balaban J connectivity index is 1.61. The summed E-state index contributed by atoms with van der Waals surface area (Å²) >= 11 is 0. The molecule has 5 heteroatoms. The van der Waals surface area contributed by atoms with Gasteiger partial charge in [0.15, 0.2) is 5.78 Å². The molecule has 0 N–H and O–H groups in total. The number of nitrogens with zero attached hydrogens (tertiary/aromatic N) is 2. The van der Waals surface area contributed by atoms with E-state index >= 15 is 0 Å². The first-order valence-corrected chi connectivity index (χ1v) is 9.00. The van der Waals surface area contributed by atoms with E-state index in [4.69, 9.17) is 4.74 Å². The van der Waals surface area contributed by atoms with Crippen LogP contribution in [-0.4, -0.2) is 47.9 Å². The van der Waals surface area contributed by atoms with Gasteiger partial charge in [-0.15, -0.1) is 0 Å². The molecule has 1 aliphatic heterocycles. The van der Waals surface area contributed by atoms with E-state index in [9.17, 15) is 9.59 Å². The predicted octanol–water partition coefficient (Wildman–Crippen LogP) is 3.35. The van der Waals surface area contributed by atoms with Crippen molar-refractivity contribution in [1.82, 2.24) is 9.80 Å². The van der Waals surface area contributed by atoms with E-state index in [-0.39, 0.29) is 11.8 Å². The molecule has 0 bridgehead atoms. The molecule has 0 fully saturated rings. The molecule has 0 aromatic heterocycles. The quantitative estimate of drug-likeness (QED) is 0.370. The van der Waals surface area contributed by atoms with Crippen LogP contribution in [0, 0.1) is 6.92 Å². The van der Waals surface area contributed by atoms with Gasteiger partial charge in [0.05, 0.1) is 19.8 Å². The Hall–Kier alpha value is -2.30. The maximum atomic E-state index is 12.3. The molecule has 0 spiro atoms. The second-order valence-corrected chi connectivity index (χ2v) is 6.40. The van der Waals surface area contributed by atoms with Gasteiger partial charge in [-0.3, -0.25) is 9.59 Å². The van der Waals surface area contributed by atoms with Gasteiger partial charge in [-0.05, 0) is 26.7 Å². The number of hydrogen-bond acceptors (Lipinski definition) is 5. The van der Waals surface area contributed by atoms with Crippen molar-refractivity contribution in [3.63, 3.8) is 0 Å². The number of Topliss-reactive ketones (excluding diaryl/α,β-unsaturated/α-hetero) is 1. The van der Waals surface area contributed by atoms with Gasteiger partial charge in [0.2, 0.25) is 0 Å². The zero-order valence-electron chi connectivity index (χ0n) is 15.2. The van der Waals surface area contributed by atoms with Gasteiger partial charge in [-0.25, -0.2) is 0 Å². The van der Waals surface area contributed by atoms with Crippen molar-refractivity contribution in [3.05, 3.63) is 47.8 Å². The molecule has 1 heterocycles. The van der Waals surface area contributed by atoms with Crippen LogP contribution in [-0.2, 0) is 9.53 Å². The van der Waals surface area contributed by atoms with Gasteiger partial charge < -0.3 is 14.5 Å². The number of rotatable bonds is 10. The summed E-state index contributed by atoms with van der Waals surface area (Å²) in [5, 5.41) is 0. The summed E-state index contributed by atoms with van der Waals surface area (Å²) in [5.41, 5.74) is 1.92. The number of hydrogen-bond donors (Lipinski definition) is 0. The maximum Gasteiger partial charge on any atom is 0.305 e. The molecule has 0 amide bonds. The van der Waals surface area contributed by atoms with Crippen molar-refractivity contribution in [2.24, 2.45) is 0 Å². The summed E-state index contributed by atoms with van der Waals surface area (Å²) in [6.45, 7) is 6.38. The molecular formula is C20H28N2O3. The van der Waals surface area contributed by atoms with E-state index in [0.29, 0.717) is 19.6 Å². The third kappa shape index (κ3) is 6.61. The normalized spacial score (nSPS) is 13.4. The number of carbonyl (C=O) groups excluding carboxylic acids is 2. The molecule has 1 aromatic carbocycles. The summed E-state index contributed by atoms with van der Waals surface area (Å²) in [6.07, 6.45) is 7.42. The van der Waals surface area contributed by atoms with Crippen LogP contribution in [0.5, 0.6) is 0 Å². The zero-order valence-corrected chi connectivity index (χ0v) is 15.2. The molecule has 25 heavy (non-hydrogen) atoms. The summed E-state index contributed by atoms with van der Waals surface area (Å²) in [7, 11) is 0. The fraction of sp³-hybridized carbons (Fsp3) is 0.500. The number of aryl methyl sites for hydroxylation is 1. The van der Waals surface area contributed by atoms with Gasteiger partial charge in [0, 0.05) is 30.9 Å². The highest BCUT2D eigenvalue weighted by Crippen LogP contribution is 2.11. The first-order valence-electron chi connectivity index (χ1n) is 9.00. The number of ketones is 1. The van der Waals surface area contributed by atoms with Crippen LogP contribution >= 0.6 is 0 Å². The molecule has 0 saturated heterocycles. The third-order valence-corrected chi connectivity index (χ3v) is 4.20. The SMILES string of the molecule is CCOC(=O)CCCCCN1C=CN(CC(=O)c2ccc(C)cc2)C1. The lowest BCUT2D eigenvalue weighted by Crippen LogP contribution is -2.30. The van der Waals surface area contributed by atoms with Crippen LogP contribution in [0.1, 0.15) is 48.5 Å². The van der Waals surface area contributed by atoms with Crippen LogP contribution in [0.2, 0.25) is 0 Å².